The van der Waals surface area contributed by atoms with Gasteiger partial charge in [-0.3, -0.25) is 4.79 Å². The summed E-state index contributed by atoms with van der Waals surface area (Å²) >= 11 is 0. The van der Waals surface area contributed by atoms with Crippen molar-refractivity contribution < 1.29 is 9.90 Å². The summed E-state index contributed by atoms with van der Waals surface area (Å²) in [5.41, 5.74) is 2.45. The Morgan fingerprint density at radius 3 is 2.45 bits per heavy atom. The largest absolute Gasteiger partial charge is 0.481 e. The van der Waals surface area contributed by atoms with E-state index in [2.05, 4.69) is 24.0 Å². The molecule has 0 radical (unpaired) electrons. The van der Waals surface area contributed by atoms with Gasteiger partial charge in [0.05, 0.1) is 6.42 Å². The van der Waals surface area contributed by atoms with Crippen molar-refractivity contribution in [2.24, 2.45) is 0 Å². The Hall–Kier alpha value is -1.51. The highest BCUT2D eigenvalue weighted by Gasteiger charge is 2.22. The fourth-order valence-electron chi connectivity index (χ4n) is 3.17. The Balaban J connectivity index is 2.19. The summed E-state index contributed by atoms with van der Waals surface area (Å²) in [6.45, 7) is 2.73. The number of hydrogen-bond donors (Lipinski definition) is 1. The molecule has 1 N–H and O–H groups in total. The van der Waals surface area contributed by atoms with E-state index in [1.54, 1.807) is 0 Å². The van der Waals surface area contributed by atoms with E-state index in [0.717, 1.165) is 0 Å². The Labute approximate surface area is 121 Å². The molecule has 2 rings (SSSR count). The molecule has 0 aromatic heterocycles. The lowest BCUT2D eigenvalue weighted by atomic mass is 10.0. The Bertz CT molecular complexity index is 436. The van der Waals surface area contributed by atoms with E-state index >= 15 is 0 Å². The van der Waals surface area contributed by atoms with Crippen LogP contribution < -0.4 is 4.90 Å². The normalized spacial score (nSPS) is 16.6. The zero-order valence-corrected chi connectivity index (χ0v) is 12.3. The molecule has 3 nitrogen and oxygen atoms in total. The lowest BCUT2D eigenvalue weighted by molar-refractivity contribution is -0.136. The number of rotatable bonds is 5. The summed E-state index contributed by atoms with van der Waals surface area (Å²) in [7, 11) is 0. The van der Waals surface area contributed by atoms with Gasteiger partial charge in [0, 0.05) is 18.3 Å². The molecule has 0 aliphatic heterocycles. The standard InChI is InChI=1S/C17H25NO2/c1-14-8-6-7-11-16(14)18(13-12-17(19)20)15-9-4-2-3-5-10-15/h6-8,11,15H,2-5,9-10,12-13H2,1H3,(H,19,20). The molecule has 0 saturated heterocycles. The molecule has 0 spiro atoms. The number of carboxylic acid groups (broad SMARTS) is 1. The van der Waals surface area contributed by atoms with Crippen LogP contribution in [0, 0.1) is 6.92 Å². The first-order chi connectivity index (χ1) is 9.68. The van der Waals surface area contributed by atoms with Gasteiger partial charge in [-0.15, -0.1) is 0 Å². The number of aryl methyl sites for hydroxylation is 1. The van der Waals surface area contributed by atoms with Crippen LogP contribution in [-0.2, 0) is 4.79 Å². The topological polar surface area (TPSA) is 40.5 Å². The van der Waals surface area contributed by atoms with Gasteiger partial charge in [-0.2, -0.15) is 0 Å². The first-order valence-electron chi connectivity index (χ1n) is 7.72. The molecular formula is C17H25NO2. The molecule has 1 aliphatic carbocycles. The van der Waals surface area contributed by atoms with Gasteiger partial charge in [-0.05, 0) is 31.4 Å². The Kier molecular flexibility index (Phi) is 5.45. The van der Waals surface area contributed by atoms with E-state index in [-0.39, 0.29) is 6.42 Å². The average Bonchev–Trinajstić information content (AvgIpc) is 2.70. The van der Waals surface area contributed by atoms with E-state index < -0.39 is 5.97 Å². The lowest BCUT2D eigenvalue weighted by Gasteiger charge is -2.34. The number of aliphatic carboxylic acids is 1. The van der Waals surface area contributed by atoms with Crippen molar-refractivity contribution in [1.82, 2.24) is 0 Å². The smallest absolute Gasteiger partial charge is 0.305 e. The van der Waals surface area contributed by atoms with Gasteiger partial charge in [0.15, 0.2) is 0 Å². The first-order valence-corrected chi connectivity index (χ1v) is 7.72. The van der Waals surface area contributed by atoms with E-state index in [1.807, 2.05) is 12.1 Å². The second-order valence-electron chi connectivity index (χ2n) is 5.77. The molecule has 20 heavy (non-hydrogen) atoms. The molecule has 1 fully saturated rings. The van der Waals surface area contributed by atoms with Crippen LogP contribution in [0.25, 0.3) is 0 Å². The molecule has 1 aromatic carbocycles. The van der Waals surface area contributed by atoms with Crippen molar-refractivity contribution in [2.75, 3.05) is 11.4 Å². The predicted molar refractivity (Wildman–Crippen MR) is 82.3 cm³/mol. The van der Waals surface area contributed by atoms with Gasteiger partial charge < -0.3 is 10.0 Å². The molecule has 1 aromatic rings. The number of nitrogens with zero attached hydrogens (tertiary/aromatic N) is 1. The van der Waals surface area contributed by atoms with Crippen LogP contribution in [0.3, 0.4) is 0 Å². The summed E-state index contributed by atoms with van der Waals surface area (Å²) in [5, 5.41) is 9.01. The lowest BCUT2D eigenvalue weighted by Crippen LogP contribution is -2.37. The Morgan fingerprint density at radius 1 is 1.20 bits per heavy atom. The van der Waals surface area contributed by atoms with Gasteiger partial charge in [0.2, 0.25) is 0 Å². The van der Waals surface area contributed by atoms with Crippen LogP contribution in [-0.4, -0.2) is 23.7 Å². The van der Waals surface area contributed by atoms with E-state index in [0.29, 0.717) is 12.6 Å². The summed E-state index contributed by atoms with van der Waals surface area (Å²) in [5.74, 6) is -0.711. The highest BCUT2D eigenvalue weighted by Crippen LogP contribution is 2.29. The molecular weight excluding hydrogens is 250 g/mol. The maximum atomic E-state index is 10.9. The van der Waals surface area contributed by atoms with Gasteiger partial charge in [-0.1, -0.05) is 43.9 Å². The minimum absolute atomic E-state index is 0.213. The van der Waals surface area contributed by atoms with Crippen LogP contribution >= 0.6 is 0 Å². The second kappa shape index (κ2) is 7.32. The second-order valence-corrected chi connectivity index (χ2v) is 5.77. The Morgan fingerprint density at radius 2 is 1.85 bits per heavy atom. The zero-order chi connectivity index (χ0) is 14.4. The molecule has 1 aliphatic rings. The molecule has 110 valence electrons. The van der Waals surface area contributed by atoms with Crippen LogP contribution in [0.2, 0.25) is 0 Å². The van der Waals surface area contributed by atoms with Crippen LogP contribution in [0.5, 0.6) is 0 Å². The summed E-state index contributed by atoms with van der Waals surface area (Å²) in [4.78, 5) is 13.3. The fraction of sp³-hybridized carbons (Fsp3) is 0.588. The fourth-order valence-corrected chi connectivity index (χ4v) is 3.17. The molecule has 0 atom stereocenters. The van der Waals surface area contributed by atoms with Crippen molar-refractivity contribution >= 4 is 11.7 Å². The molecule has 0 bridgehead atoms. The van der Waals surface area contributed by atoms with Gasteiger partial charge in [-0.25, -0.2) is 0 Å². The van der Waals surface area contributed by atoms with Crippen molar-refractivity contribution in [2.45, 2.75) is 57.9 Å². The number of para-hydroxylation sites is 1. The van der Waals surface area contributed by atoms with Crippen LogP contribution in [0.15, 0.2) is 24.3 Å². The van der Waals surface area contributed by atoms with Crippen molar-refractivity contribution in [1.29, 1.82) is 0 Å². The molecule has 3 heteroatoms. The third-order valence-corrected chi connectivity index (χ3v) is 4.26. The van der Waals surface area contributed by atoms with E-state index in [4.69, 9.17) is 5.11 Å². The number of hydrogen-bond acceptors (Lipinski definition) is 2. The minimum Gasteiger partial charge on any atom is -0.481 e. The van der Waals surface area contributed by atoms with Gasteiger partial charge in [0.1, 0.15) is 0 Å². The number of benzene rings is 1. The zero-order valence-electron chi connectivity index (χ0n) is 12.3. The van der Waals surface area contributed by atoms with Gasteiger partial charge >= 0.3 is 5.97 Å². The highest BCUT2D eigenvalue weighted by molar-refractivity contribution is 5.68. The minimum atomic E-state index is -0.711. The third-order valence-electron chi connectivity index (χ3n) is 4.26. The summed E-state index contributed by atoms with van der Waals surface area (Å²) in [6.07, 6.45) is 7.75. The van der Waals surface area contributed by atoms with E-state index in [1.165, 1.54) is 49.8 Å². The number of carboxylic acids is 1. The van der Waals surface area contributed by atoms with Gasteiger partial charge in [0.25, 0.3) is 0 Å². The maximum absolute atomic E-state index is 10.9. The molecule has 0 unspecified atom stereocenters. The maximum Gasteiger partial charge on any atom is 0.305 e. The third kappa shape index (κ3) is 3.99. The summed E-state index contributed by atoms with van der Waals surface area (Å²) < 4.78 is 0. The number of carbonyl (C=O) groups is 1. The number of anilines is 1. The first kappa shape index (κ1) is 14.9. The van der Waals surface area contributed by atoms with E-state index in [9.17, 15) is 4.79 Å². The highest BCUT2D eigenvalue weighted by atomic mass is 16.4. The predicted octanol–water partition coefficient (Wildman–Crippen LogP) is 4.00. The quantitative estimate of drug-likeness (QED) is 0.826. The monoisotopic (exact) mass is 275 g/mol. The molecule has 0 amide bonds. The molecule has 1 saturated carbocycles. The van der Waals surface area contributed by atoms with Crippen LogP contribution in [0.4, 0.5) is 5.69 Å². The summed E-state index contributed by atoms with van der Waals surface area (Å²) in [6, 6.07) is 8.83. The van der Waals surface area contributed by atoms with Crippen LogP contribution in [0.1, 0.15) is 50.5 Å². The SMILES string of the molecule is Cc1ccccc1N(CCC(=O)O)C1CCCCCC1. The average molecular weight is 275 g/mol. The van der Waals surface area contributed by atoms with Crippen molar-refractivity contribution in [3.05, 3.63) is 29.8 Å². The molecule has 0 heterocycles. The van der Waals surface area contributed by atoms with Crippen molar-refractivity contribution in [3.8, 4) is 0 Å². The van der Waals surface area contributed by atoms with Crippen molar-refractivity contribution in [3.63, 3.8) is 0 Å².